The molecule has 12 heteroatoms. The molecule has 0 bridgehead atoms. The van der Waals surface area contributed by atoms with Crippen molar-refractivity contribution in [2.75, 3.05) is 0 Å². The van der Waals surface area contributed by atoms with Crippen LogP contribution in [0.25, 0.3) is 16.3 Å². The first-order valence-electron chi connectivity index (χ1n) is 16.1. The van der Waals surface area contributed by atoms with E-state index < -0.39 is 64.3 Å². The van der Waals surface area contributed by atoms with Crippen molar-refractivity contribution in [1.29, 1.82) is 0 Å². The summed E-state index contributed by atoms with van der Waals surface area (Å²) in [6.45, 7) is 26.1. The maximum absolute atomic E-state index is 13.7. The van der Waals surface area contributed by atoms with Gasteiger partial charge in [-0.15, -0.1) is 0 Å². The highest BCUT2D eigenvalue weighted by Crippen LogP contribution is 2.48. The largest absolute Gasteiger partial charge is 0.428 e. The Morgan fingerprint density at radius 3 is 1.29 bits per heavy atom. The molecule has 3 atom stereocenters. The molecule has 0 aromatic heterocycles. The summed E-state index contributed by atoms with van der Waals surface area (Å²) in [4.78, 5) is 0. The Kier molecular flexibility index (Phi) is 11.7. The molecule has 0 fully saturated rings. The van der Waals surface area contributed by atoms with E-state index in [2.05, 4.69) is 6.58 Å². The van der Waals surface area contributed by atoms with Crippen LogP contribution < -0.4 is 0 Å². The number of aliphatic hydroxyl groups is 3. The van der Waals surface area contributed by atoms with E-state index in [0.29, 0.717) is 40.0 Å². The van der Waals surface area contributed by atoms with Gasteiger partial charge in [-0.2, -0.15) is 26.3 Å². The van der Waals surface area contributed by atoms with Gasteiger partial charge in [-0.3, -0.25) is 0 Å². The van der Waals surface area contributed by atoms with Crippen LogP contribution in [0.1, 0.15) is 119 Å². The highest BCUT2D eigenvalue weighted by molar-refractivity contribution is 5.97. The summed E-state index contributed by atoms with van der Waals surface area (Å²) in [7, 11) is 0. The third-order valence-corrected chi connectivity index (χ3v) is 9.43. The number of ether oxygens (including phenoxy) is 3. The number of hydrogen-bond acceptors (Lipinski definition) is 6. The van der Waals surface area contributed by atoms with Gasteiger partial charge in [0.25, 0.3) is 5.60 Å². The fourth-order valence-electron chi connectivity index (χ4n) is 5.53. The zero-order valence-electron chi connectivity index (χ0n) is 31.1. The standard InChI is InChI=1S/C37H54F6O6/c1-20(2)26-16-24(32(10,11)49-23(5)35(46,36(38,39)40)37(41,42)43)18-28-27(26)17-25(33(12,13)47-21(3)30(6,7)44)19-29(28)34(14,15)48-22(4)31(8,9)45/h16-19,21-23,44-46H,1H2,2-15H3. The van der Waals surface area contributed by atoms with Crippen LogP contribution in [-0.2, 0) is 31.0 Å². The summed E-state index contributed by atoms with van der Waals surface area (Å²) in [6.07, 6.45) is -16.2. The molecule has 3 unspecified atom stereocenters. The average Bonchev–Trinajstić information content (AvgIpc) is 2.87. The summed E-state index contributed by atoms with van der Waals surface area (Å²) < 4.78 is 101. The molecule has 0 aliphatic rings. The summed E-state index contributed by atoms with van der Waals surface area (Å²) in [5, 5.41) is 32.6. The number of allylic oxidation sites excluding steroid dienone is 1. The highest BCUT2D eigenvalue weighted by Gasteiger charge is 2.74. The van der Waals surface area contributed by atoms with Gasteiger partial charge < -0.3 is 29.5 Å². The van der Waals surface area contributed by atoms with Crippen molar-refractivity contribution in [1.82, 2.24) is 0 Å². The molecule has 0 amide bonds. The number of benzene rings is 2. The first-order valence-corrected chi connectivity index (χ1v) is 16.1. The van der Waals surface area contributed by atoms with Crippen LogP contribution >= 0.6 is 0 Å². The second kappa shape index (κ2) is 13.4. The predicted octanol–water partition coefficient (Wildman–Crippen LogP) is 9.19. The molecule has 0 heterocycles. The quantitative estimate of drug-likeness (QED) is 0.180. The first kappa shape index (κ1) is 42.9. The van der Waals surface area contributed by atoms with Crippen molar-refractivity contribution < 1.29 is 55.9 Å². The zero-order valence-corrected chi connectivity index (χ0v) is 31.1. The molecule has 49 heavy (non-hydrogen) atoms. The van der Waals surface area contributed by atoms with Gasteiger partial charge in [-0.1, -0.05) is 12.2 Å². The Hall–Kier alpha value is -2.22. The molecule has 6 nitrogen and oxygen atoms in total. The Bertz CT molecular complexity index is 1490. The Morgan fingerprint density at radius 2 is 0.918 bits per heavy atom. The van der Waals surface area contributed by atoms with Crippen molar-refractivity contribution in [3.8, 4) is 0 Å². The SMILES string of the molecule is C=C(C)c1cc(C(C)(C)OC(C)C(O)(C(F)(F)F)C(F)(F)F)cc2c(C(C)(C)OC(C)C(C)(C)O)cc(C(C)(C)OC(C)C(C)(C)O)cc12. The molecular formula is C37H54F6O6. The van der Waals surface area contributed by atoms with Gasteiger partial charge in [0.2, 0.25) is 0 Å². The molecule has 2 aromatic carbocycles. The summed E-state index contributed by atoms with van der Waals surface area (Å²) in [5.74, 6) is 0. The van der Waals surface area contributed by atoms with Gasteiger partial charge >= 0.3 is 12.4 Å². The van der Waals surface area contributed by atoms with Crippen molar-refractivity contribution in [2.24, 2.45) is 0 Å². The minimum Gasteiger partial charge on any atom is -0.388 e. The molecule has 0 saturated heterocycles. The molecule has 0 saturated carbocycles. The summed E-state index contributed by atoms with van der Waals surface area (Å²) in [6, 6.07) is 6.90. The lowest BCUT2D eigenvalue weighted by Crippen LogP contribution is -2.64. The molecule has 2 rings (SSSR count). The first-order chi connectivity index (χ1) is 21.5. The van der Waals surface area contributed by atoms with Crippen LogP contribution in [0.4, 0.5) is 26.3 Å². The summed E-state index contributed by atoms with van der Waals surface area (Å²) >= 11 is 0. The molecule has 3 N–H and O–H groups in total. The topological polar surface area (TPSA) is 88.4 Å². The third-order valence-electron chi connectivity index (χ3n) is 9.43. The minimum absolute atomic E-state index is 0.211. The van der Waals surface area contributed by atoms with Crippen LogP contribution in [0.3, 0.4) is 0 Å². The Balaban J connectivity index is 3.01. The highest BCUT2D eigenvalue weighted by atomic mass is 19.4. The van der Waals surface area contributed by atoms with Crippen LogP contribution in [0.15, 0.2) is 30.8 Å². The van der Waals surface area contributed by atoms with Gasteiger partial charge in [0.05, 0.1) is 40.2 Å². The van der Waals surface area contributed by atoms with Gasteiger partial charge in [0.1, 0.15) is 6.10 Å². The Labute approximate surface area is 286 Å². The molecule has 280 valence electrons. The molecular weight excluding hydrogens is 654 g/mol. The van der Waals surface area contributed by atoms with Crippen LogP contribution in [-0.4, -0.2) is 62.8 Å². The predicted molar refractivity (Wildman–Crippen MR) is 179 cm³/mol. The van der Waals surface area contributed by atoms with E-state index in [1.54, 1.807) is 74.4 Å². The number of rotatable bonds is 13. The fourth-order valence-corrected chi connectivity index (χ4v) is 5.53. The maximum Gasteiger partial charge on any atom is 0.428 e. The molecule has 0 radical (unpaired) electrons. The number of hydrogen-bond donors (Lipinski definition) is 3. The van der Waals surface area contributed by atoms with E-state index in [9.17, 15) is 41.7 Å². The van der Waals surface area contributed by atoms with Gasteiger partial charge in [-0.25, -0.2) is 0 Å². The van der Waals surface area contributed by atoms with Crippen LogP contribution in [0.2, 0.25) is 0 Å². The maximum atomic E-state index is 13.7. The van der Waals surface area contributed by atoms with Crippen molar-refractivity contribution >= 4 is 16.3 Å². The van der Waals surface area contributed by atoms with Crippen molar-refractivity contribution in [2.45, 2.75) is 161 Å². The van der Waals surface area contributed by atoms with Crippen molar-refractivity contribution in [3.63, 3.8) is 0 Å². The van der Waals surface area contributed by atoms with Gasteiger partial charge in [0.15, 0.2) is 0 Å². The Morgan fingerprint density at radius 1 is 0.571 bits per heavy atom. The second-order valence-electron chi connectivity index (χ2n) is 15.8. The van der Waals surface area contributed by atoms with E-state index in [0.717, 1.165) is 0 Å². The third kappa shape index (κ3) is 8.99. The number of fused-ring (bicyclic) bond motifs is 1. The van der Waals surface area contributed by atoms with Gasteiger partial charge in [0, 0.05) is 0 Å². The lowest BCUT2D eigenvalue weighted by Gasteiger charge is -2.41. The lowest BCUT2D eigenvalue weighted by molar-refractivity contribution is -0.398. The molecule has 2 aromatic rings. The van der Waals surface area contributed by atoms with Crippen LogP contribution in [0, 0.1) is 0 Å². The van der Waals surface area contributed by atoms with E-state index in [4.69, 9.17) is 14.2 Å². The second-order valence-corrected chi connectivity index (χ2v) is 15.8. The normalized spacial score (nSPS) is 16.6. The van der Waals surface area contributed by atoms with E-state index in [1.165, 1.54) is 13.8 Å². The lowest BCUT2D eigenvalue weighted by atomic mass is 9.81. The molecule has 0 aliphatic carbocycles. The van der Waals surface area contributed by atoms with Gasteiger partial charge in [-0.05, 0) is 154 Å². The van der Waals surface area contributed by atoms with Crippen molar-refractivity contribution in [3.05, 3.63) is 53.1 Å². The van der Waals surface area contributed by atoms with E-state index >= 15 is 0 Å². The average molecular weight is 709 g/mol. The molecule has 0 spiro atoms. The number of alkyl halides is 6. The van der Waals surface area contributed by atoms with E-state index in [1.807, 2.05) is 26.0 Å². The molecule has 0 aliphatic heterocycles. The zero-order chi connectivity index (χ0) is 38.7. The summed E-state index contributed by atoms with van der Waals surface area (Å²) in [5.41, 5.74) is -8.96. The fraction of sp³-hybridized carbons (Fsp3) is 0.676. The number of halogens is 6. The van der Waals surface area contributed by atoms with E-state index in [-0.39, 0.29) is 5.56 Å². The minimum atomic E-state index is -6.08. The van der Waals surface area contributed by atoms with Crippen LogP contribution in [0.5, 0.6) is 0 Å². The monoisotopic (exact) mass is 708 g/mol. The smallest absolute Gasteiger partial charge is 0.388 e.